The largest absolute Gasteiger partial charge is 0.427 e. The van der Waals surface area contributed by atoms with Crippen LogP contribution in [0.1, 0.15) is 27.7 Å². The molecule has 0 amide bonds. The lowest BCUT2D eigenvalue weighted by Gasteiger charge is -2.19. The molecule has 0 aliphatic heterocycles. The summed E-state index contributed by atoms with van der Waals surface area (Å²) in [6.07, 6.45) is -0.771. The van der Waals surface area contributed by atoms with Gasteiger partial charge in [-0.1, -0.05) is 27.7 Å². The first kappa shape index (κ1) is 11.9. The van der Waals surface area contributed by atoms with Gasteiger partial charge in [0, 0.05) is 5.92 Å². The van der Waals surface area contributed by atoms with Crippen molar-refractivity contribution in [1.29, 1.82) is 0 Å². The maximum atomic E-state index is 11.1. The van der Waals surface area contributed by atoms with Gasteiger partial charge in [0.15, 0.2) is 0 Å². The number of ether oxygens (including phenoxy) is 2. The van der Waals surface area contributed by atoms with Crippen molar-refractivity contribution in [3.05, 3.63) is 0 Å². The van der Waals surface area contributed by atoms with Crippen LogP contribution in [0.25, 0.3) is 0 Å². The van der Waals surface area contributed by atoms with Gasteiger partial charge in [-0.05, 0) is 0 Å². The molecule has 0 aromatic rings. The van der Waals surface area contributed by atoms with Crippen LogP contribution in [0.5, 0.6) is 0 Å². The van der Waals surface area contributed by atoms with Crippen molar-refractivity contribution in [1.82, 2.24) is 0 Å². The summed E-state index contributed by atoms with van der Waals surface area (Å²) in [6.45, 7) is 7.35. The van der Waals surface area contributed by atoms with Crippen LogP contribution in [0.4, 0.5) is 0 Å². The molecule has 76 valence electrons. The second kappa shape index (κ2) is 5.56. The van der Waals surface area contributed by atoms with E-state index in [-0.39, 0.29) is 24.3 Å². The van der Waals surface area contributed by atoms with E-state index in [4.69, 9.17) is 4.74 Å². The molecule has 4 heteroatoms. The number of rotatable bonds is 5. The number of hydrogen-bond donors (Lipinski definition) is 0. The van der Waals surface area contributed by atoms with Crippen LogP contribution < -0.4 is 0 Å². The predicted octanol–water partition coefficient (Wildman–Crippen LogP) is 1.34. The Morgan fingerprint density at radius 1 is 1.23 bits per heavy atom. The van der Waals surface area contributed by atoms with Gasteiger partial charge in [-0.25, -0.2) is 0 Å². The molecule has 0 unspecified atom stereocenters. The molecule has 0 aliphatic rings. The van der Waals surface area contributed by atoms with E-state index in [2.05, 4.69) is 4.74 Å². The summed E-state index contributed by atoms with van der Waals surface area (Å²) in [5.74, 6) is -0.607. The maximum Gasteiger partial charge on any atom is 0.311 e. The highest BCUT2D eigenvalue weighted by atomic mass is 16.7. The molecule has 0 N–H and O–H groups in total. The summed E-state index contributed by atoms with van der Waals surface area (Å²) in [7, 11) is 0. The van der Waals surface area contributed by atoms with Crippen molar-refractivity contribution < 1.29 is 19.1 Å². The Morgan fingerprint density at radius 3 is 2.08 bits per heavy atom. The standard InChI is InChI=1S/C9H16O4/c1-6(2)8(11)13-9(7(3)4)12-5-10/h5-7,9H,1-4H3/t9-/m1/s1. The zero-order chi connectivity index (χ0) is 10.4. The van der Waals surface area contributed by atoms with Gasteiger partial charge in [-0.2, -0.15) is 0 Å². The molecular formula is C9H16O4. The third-order valence-electron chi connectivity index (χ3n) is 1.44. The number of carbonyl (C=O) groups is 2. The Bertz CT molecular complexity index is 174. The normalized spacial score (nSPS) is 12.8. The van der Waals surface area contributed by atoms with Crippen molar-refractivity contribution in [3.63, 3.8) is 0 Å². The van der Waals surface area contributed by atoms with Gasteiger partial charge in [0.1, 0.15) is 0 Å². The average molecular weight is 188 g/mol. The summed E-state index contributed by atoms with van der Waals surface area (Å²) in [5.41, 5.74) is 0. The zero-order valence-corrected chi connectivity index (χ0v) is 8.44. The first-order valence-electron chi connectivity index (χ1n) is 4.28. The lowest BCUT2D eigenvalue weighted by atomic mass is 10.2. The molecule has 13 heavy (non-hydrogen) atoms. The molecule has 0 heterocycles. The van der Waals surface area contributed by atoms with E-state index in [0.29, 0.717) is 0 Å². The fraction of sp³-hybridized carbons (Fsp3) is 0.778. The molecule has 0 spiro atoms. The summed E-state index contributed by atoms with van der Waals surface area (Å²) < 4.78 is 9.52. The second-order valence-electron chi connectivity index (χ2n) is 3.44. The van der Waals surface area contributed by atoms with Gasteiger partial charge < -0.3 is 9.47 Å². The Labute approximate surface area is 78.2 Å². The average Bonchev–Trinajstić information content (AvgIpc) is 2.03. The molecule has 0 aromatic heterocycles. The van der Waals surface area contributed by atoms with E-state index in [1.807, 2.05) is 13.8 Å². The molecule has 0 fully saturated rings. The van der Waals surface area contributed by atoms with Gasteiger partial charge in [0.2, 0.25) is 6.29 Å². The molecular weight excluding hydrogens is 172 g/mol. The van der Waals surface area contributed by atoms with Crippen LogP contribution in [0.15, 0.2) is 0 Å². The summed E-state index contributed by atoms with van der Waals surface area (Å²) >= 11 is 0. The highest BCUT2D eigenvalue weighted by molar-refractivity contribution is 5.71. The van der Waals surface area contributed by atoms with Crippen LogP contribution in [-0.4, -0.2) is 18.7 Å². The number of carbonyl (C=O) groups excluding carboxylic acids is 2. The Hall–Kier alpha value is -1.06. The molecule has 0 radical (unpaired) electrons. The lowest BCUT2D eigenvalue weighted by molar-refractivity contribution is -0.190. The molecule has 0 saturated carbocycles. The lowest BCUT2D eigenvalue weighted by Crippen LogP contribution is -2.28. The number of hydrogen-bond acceptors (Lipinski definition) is 4. The van der Waals surface area contributed by atoms with Gasteiger partial charge in [0.05, 0.1) is 5.92 Å². The SMILES string of the molecule is CC(C)C(=O)O[C@@H](OC=O)C(C)C. The minimum atomic E-state index is -0.771. The van der Waals surface area contributed by atoms with Gasteiger partial charge in [-0.3, -0.25) is 9.59 Å². The summed E-state index contributed by atoms with van der Waals surface area (Å²) in [6, 6.07) is 0. The highest BCUT2D eigenvalue weighted by Gasteiger charge is 2.20. The topological polar surface area (TPSA) is 52.6 Å². The molecule has 0 rings (SSSR count). The second-order valence-corrected chi connectivity index (χ2v) is 3.44. The van der Waals surface area contributed by atoms with Crippen LogP contribution in [-0.2, 0) is 19.1 Å². The minimum absolute atomic E-state index is 0.0344. The molecule has 0 saturated heterocycles. The van der Waals surface area contributed by atoms with Crippen LogP contribution in [0.2, 0.25) is 0 Å². The van der Waals surface area contributed by atoms with Crippen molar-refractivity contribution in [2.24, 2.45) is 11.8 Å². The molecule has 0 aliphatic carbocycles. The van der Waals surface area contributed by atoms with Gasteiger partial charge >= 0.3 is 5.97 Å². The fourth-order valence-electron chi connectivity index (χ4n) is 0.626. The predicted molar refractivity (Wildman–Crippen MR) is 46.7 cm³/mol. The van der Waals surface area contributed by atoms with Crippen molar-refractivity contribution >= 4 is 12.4 Å². The minimum Gasteiger partial charge on any atom is -0.427 e. The van der Waals surface area contributed by atoms with Gasteiger partial charge in [0.25, 0.3) is 6.47 Å². The fourth-order valence-corrected chi connectivity index (χ4v) is 0.626. The van der Waals surface area contributed by atoms with E-state index in [1.54, 1.807) is 13.8 Å². The van der Waals surface area contributed by atoms with Gasteiger partial charge in [-0.15, -0.1) is 0 Å². The third-order valence-corrected chi connectivity index (χ3v) is 1.44. The van der Waals surface area contributed by atoms with Crippen LogP contribution in [0, 0.1) is 11.8 Å². The van der Waals surface area contributed by atoms with Crippen molar-refractivity contribution in [2.45, 2.75) is 34.0 Å². The first-order chi connectivity index (χ1) is 5.99. The number of esters is 1. The van der Waals surface area contributed by atoms with Crippen LogP contribution >= 0.6 is 0 Å². The maximum absolute atomic E-state index is 11.1. The van der Waals surface area contributed by atoms with Crippen molar-refractivity contribution in [2.75, 3.05) is 0 Å². The summed E-state index contributed by atoms with van der Waals surface area (Å²) in [5, 5.41) is 0. The highest BCUT2D eigenvalue weighted by Crippen LogP contribution is 2.09. The van der Waals surface area contributed by atoms with E-state index >= 15 is 0 Å². The Kier molecular flexibility index (Phi) is 5.11. The molecule has 0 aromatic carbocycles. The first-order valence-corrected chi connectivity index (χ1v) is 4.28. The van der Waals surface area contributed by atoms with E-state index in [0.717, 1.165) is 0 Å². The Balaban J connectivity index is 4.09. The summed E-state index contributed by atoms with van der Waals surface area (Å²) in [4.78, 5) is 21.2. The zero-order valence-electron chi connectivity index (χ0n) is 8.44. The van der Waals surface area contributed by atoms with E-state index in [9.17, 15) is 9.59 Å². The smallest absolute Gasteiger partial charge is 0.311 e. The Morgan fingerprint density at radius 2 is 1.77 bits per heavy atom. The van der Waals surface area contributed by atoms with E-state index in [1.165, 1.54) is 0 Å². The van der Waals surface area contributed by atoms with Crippen molar-refractivity contribution in [3.8, 4) is 0 Å². The van der Waals surface area contributed by atoms with E-state index < -0.39 is 6.29 Å². The molecule has 0 bridgehead atoms. The quantitative estimate of drug-likeness (QED) is 0.371. The molecule has 1 atom stereocenters. The molecule has 4 nitrogen and oxygen atoms in total. The monoisotopic (exact) mass is 188 g/mol. The van der Waals surface area contributed by atoms with Crippen LogP contribution in [0.3, 0.4) is 0 Å². The third kappa shape index (κ3) is 4.50.